The van der Waals surface area contributed by atoms with Gasteiger partial charge >= 0.3 is 5.97 Å². The van der Waals surface area contributed by atoms with Crippen molar-refractivity contribution in [2.45, 2.75) is 40.3 Å². The van der Waals surface area contributed by atoms with Crippen molar-refractivity contribution in [1.29, 1.82) is 0 Å². The maximum absolute atomic E-state index is 13.7. The van der Waals surface area contributed by atoms with Crippen LogP contribution in [0.15, 0.2) is 45.3 Å². The van der Waals surface area contributed by atoms with E-state index in [1.54, 1.807) is 11.5 Å². The predicted octanol–water partition coefficient (Wildman–Crippen LogP) is 2.31. The Balaban J connectivity index is 1.96. The Labute approximate surface area is 202 Å². The molecule has 178 valence electrons. The second kappa shape index (κ2) is 9.06. The largest absolute Gasteiger partial charge is 0.466 e. The van der Waals surface area contributed by atoms with Crippen LogP contribution in [0.2, 0.25) is 0 Å². The van der Waals surface area contributed by atoms with Crippen LogP contribution in [0.25, 0.3) is 6.08 Å². The van der Waals surface area contributed by atoms with Crippen LogP contribution in [0, 0.1) is 13.8 Å². The summed E-state index contributed by atoms with van der Waals surface area (Å²) in [5.74, 6) is -0.492. The van der Waals surface area contributed by atoms with E-state index in [4.69, 9.17) is 4.74 Å². The number of carbonyl (C=O) groups excluding carboxylic acids is 1. The van der Waals surface area contributed by atoms with Gasteiger partial charge in [-0.1, -0.05) is 23.5 Å². The number of aromatic nitrogens is 3. The van der Waals surface area contributed by atoms with Gasteiger partial charge in [-0.15, -0.1) is 0 Å². The molecule has 0 N–H and O–H groups in total. The molecule has 0 aliphatic carbocycles. The monoisotopic (exact) mass is 479 g/mol. The summed E-state index contributed by atoms with van der Waals surface area (Å²) in [4.78, 5) is 33.7. The van der Waals surface area contributed by atoms with Crippen molar-refractivity contribution in [3.8, 4) is 0 Å². The van der Waals surface area contributed by atoms with Crippen molar-refractivity contribution in [2.24, 2.45) is 4.99 Å². The van der Waals surface area contributed by atoms with Crippen molar-refractivity contribution in [3.63, 3.8) is 0 Å². The fraction of sp³-hybridized carbons (Fsp3) is 0.360. The van der Waals surface area contributed by atoms with E-state index in [2.05, 4.69) is 10.1 Å². The van der Waals surface area contributed by atoms with Crippen LogP contribution in [0.5, 0.6) is 0 Å². The molecule has 0 spiro atoms. The number of aryl methyl sites for hydroxylation is 2. The van der Waals surface area contributed by atoms with E-state index >= 15 is 0 Å². The molecule has 34 heavy (non-hydrogen) atoms. The summed E-state index contributed by atoms with van der Waals surface area (Å²) < 4.78 is 9.16. The summed E-state index contributed by atoms with van der Waals surface area (Å²) in [5.41, 5.74) is 5.37. The zero-order chi connectivity index (χ0) is 24.7. The second-order valence-corrected chi connectivity index (χ2v) is 9.47. The fourth-order valence-corrected chi connectivity index (χ4v) is 5.35. The molecule has 0 fully saturated rings. The van der Waals surface area contributed by atoms with Gasteiger partial charge in [0.2, 0.25) is 0 Å². The van der Waals surface area contributed by atoms with Gasteiger partial charge in [-0.2, -0.15) is 5.10 Å². The van der Waals surface area contributed by atoms with Crippen molar-refractivity contribution < 1.29 is 9.53 Å². The van der Waals surface area contributed by atoms with Gasteiger partial charge in [-0.05, 0) is 51.5 Å². The van der Waals surface area contributed by atoms with Crippen LogP contribution >= 0.6 is 11.3 Å². The smallest absolute Gasteiger partial charge is 0.338 e. The third kappa shape index (κ3) is 3.90. The lowest BCUT2D eigenvalue weighted by molar-refractivity contribution is -0.136. The zero-order valence-electron chi connectivity index (χ0n) is 20.5. The number of fused-ring (bicyclic) bond motifs is 1. The van der Waals surface area contributed by atoms with Gasteiger partial charge in [0.05, 0.1) is 34.6 Å². The Hall–Kier alpha value is -3.46. The van der Waals surface area contributed by atoms with E-state index < -0.39 is 12.0 Å². The van der Waals surface area contributed by atoms with Gasteiger partial charge in [-0.25, -0.2) is 9.79 Å². The topological polar surface area (TPSA) is 81.7 Å². The molecule has 0 saturated heterocycles. The fourth-order valence-electron chi connectivity index (χ4n) is 4.32. The molecule has 0 unspecified atom stereocenters. The van der Waals surface area contributed by atoms with E-state index in [0.29, 0.717) is 20.6 Å². The lowest BCUT2D eigenvalue weighted by Gasteiger charge is -2.25. The SMILES string of the molecule is CCn1nc(C)c(/C=c2\sc3n(c2=O)[C@@H](c2ccc(N(C)C)cc2)C(C(=O)OC)=C(C)N=3)c1C. The molecule has 4 rings (SSSR count). The third-order valence-corrected chi connectivity index (χ3v) is 7.15. The summed E-state index contributed by atoms with van der Waals surface area (Å²) >= 11 is 1.32. The van der Waals surface area contributed by atoms with E-state index in [9.17, 15) is 9.59 Å². The lowest BCUT2D eigenvalue weighted by atomic mass is 9.95. The zero-order valence-corrected chi connectivity index (χ0v) is 21.4. The molecule has 1 aliphatic heterocycles. The molecule has 3 heterocycles. The Kier molecular flexibility index (Phi) is 6.31. The van der Waals surface area contributed by atoms with Crippen LogP contribution in [0.1, 0.15) is 42.4 Å². The van der Waals surface area contributed by atoms with Gasteiger partial charge in [0.15, 0.2) is 4.80 Å². The number of thiazole rings is 1. The summed E-state index contributed by atoms with van der Waals surface area (Å²) in [5, 5.41) is 4.56. The molecule has 1 aromatic carbocycles. The minimum atomic E-state index is -0.623. The molecule has 9 heteroatoms. The summed E-state index contributed by atoms with van der Waals surface area (Å²) in [6.07, 6.45) is 1.89. The van der Waals surface area contributed by atoms with Crippen molar-refractivity contribution in [1.82, 2.24) is 14.3 Å². The number of ether oxygens (including phenoxy) is 1. The molecule has 0 radical (unpaired) electrons. The molecule has 0 bridgehead atoms. The summed E-state index contributed by atoms with van der Waals surface area (Å²) in [7, 11) is 5.27. The molecular weight excluding hydrogens is 450 g/mol. The number of hydrogen-bond donors (Lipinski definition) is 0. The van der Waals surface area contributed by atoms with Gasteiger partial charge < -0.3 is 9.64 Å². The van der Waals surface area contributed by atoms with Gasteiger partial charge in [0.1, 0.15) is 0 Å². The van der Waals surface area contributed by atoms with E-state index in [1.165, 1.54) is 18.4 Å². The maximum Gasteiger partial charge on any atom is 0.338 e. The number of esters is 1. The molecule has 8 nitrogen and oxygen atoms in total. The van der Waals surface area contributed by atoms with Gasteiger partial charge in [-0.3, -0.25) is 14.0 Å². The van der Waals surface area contributed by atoms with Gasteiger partial charge in [0.25, 0.3) is 5.56 Å². The minimum absolute atomic E-state index is 0.192. The first-order valence-electron chi connectivity index (χ1n) is 11.1. The number of hydrogen-bond acceptors (Lipinski definition) is 7. The van der Waals surface area contributed by atoms with Crippen LogP contribution in [-0.4, -0.2) is 41.5 Å². The number of methoxy groups -OCH3 is 1. The van der Waals surface area contributed by atoms with Crippen LogP contribution in [0.4, 0.5) is 5.69 Å². The normalized spacial score (nSPS) is 15.9. The highest BCUT2D eigenvalue weighted by Gasteiger charge is 2.33. The van der Waals surface area contributed by atoms with Crippen molar-refractivity contribution in [2.75, 3.05) is 26.1 Å². The Bertz CT molecular complexity index is 1470. The molecule has 0 amide bonds. The first kappa shape index (κ1) is 23.7. The number of nitrogens with zero attached hydrogens (tertiary/aromatic N) is 5. The minimum Gasteiger partial charge on any atom is -0.466 e. The highest BCUT2D eigenvalue weighted by Crippen LogP contribution is 2.31. The highest BCUT2D eigenvalue weighted by molar-refractivity contribution is 7.07. The first-order chi connectivity index (χ1) is 16.2. The number of allylic oxidation sites excluding steroid dienone is 1. The first-order valence-corrected chi connectivity index (χ1v) is 11.9. The Morgan fingerprint density at radius 2 is 1.88 bits per heavy atom. The molecule has 0 saturated carbocycles. The van der Waals surface area contributed by atoms with E-state index in [1.807, 2.05) is 74.8 Å². The highest BCUT2D eigenvalue weighted by atomic mass is 32.1. The second-order valence-electron chi connectivity index (χ2n) is 8.46. The van der Waals surface area contributed by atoms with Gasteiger partial charge in [0, 0.05) is 37.6 Å². The molecule has 1 aliphatic rings. The quantitative estimate of drug-likeness (QED) is 0.525. The molecule has 3 aromatic rings. The lowest BCUT2D eigenvalue weighted by Crippen LogP contribution is -2.39. The predicted molar refractivity (Wildman–Crippen MR) is 134 cm³/mol. The average molecular weight is 480 g/mol. The van der Waals surface area contributed by atoms with E-state index in [0.717, 1.165) is 34.7 Å². The van der Waals surface area contributed by atoms with Crippen LogP contribution in [-0.2, 0) is 16.1 Å². The number of carbonyl (C=O) groups is 1. The van der Waals surface area contributed by atoms with Crippen LogP contribution < -0.4 is 19.8 Å². The van der Waals surface area contributed by atoms with E-state index in [-0.39, 0.29) is 5.56 Å². The number of anilines is 1. The Morgan fingerprint density at radius 3 is 2.44 bits per heavy atom. The number of rotatable bonds is 5. The Morgan fingerprint density at radius 1 is 1.21 bits per heavy atom. The van der Waals surface area contributed by atoms with Crippen molar-refractivity contribution in [3.05, 3.63) is 77.7 Å². The standard InChI is InChI=1S/C25H29N5O3S/c1-8-29-16(4)19(14(2)27-29)13-20-23(31)30-22(17-9-11-18(12-10-17)28(5)6)21(24(32)33-7)15(3)26-25(30)34-20/h9-13,22H,8H2,1-7H3/b20-13-/t22-/m0/s1. The summed E-state index contributed by atoms with van der Waals surface area (Å²) in [6.45, 7) is 8.52. The summed E-state index contributed by atoms with van der Waals surface area (Å²) in [6, 6.07) is 7.21. The molecule has 1 atom stereocenters. The maximum atomic E-state index is 13.7. The number of benzene rings is 1. The van der Waals surface area contributed by atoms with Crippen LogP contribution in [0.3, 0.4) is 0 Å². The van der Waals surface area contributed by atoms with Crippen molar-refractivity contribution >= 4 is 29.1 Å². The molecular formula is C25H29N5O3S. The third-order valence-electron chi connectivity index (χ3n) is 6.16. The average Bonchev–Trinajstić information content (AvgIpc) is 3.27. The molecule has 2 aromatic heterocycles.